The number of nitrogens with one attached hydrogen (secondary N) is 1. The van der Waals surface area contributed by atoms with E-state index in [0.717, 1.165) is 16.7 Å². The molecule has 1 aliphatic rings. The van der Waals surface area contributed by atoms with Crippen molar-refractivity contribution in [3.63, 3.8) is 0 Å². The Hall–Kier alpha value is -3.60. The molecule has 5 nitrogen and oxygen atoms in total. The van der Waals surface area contributed by atoms with Crippen molar-refractivity contribution in [3.05, 3.63) is 95.6 Å². The fourth-order valence-corrected chi connectivity index (χ4v) is 4.25. The molecule has 158 valence electrons. The summed E-state index contributed by atoms with van der Waals surface area (Å²) >= 11 is 0. The summed E-state index contributed by atoms with van der Waals surface area (Å²) in [5.41, 5.74) is 5.63. The Labute approximate surface area is 181 Å². The molecule has 0 saturated heterocycles. The number of alkyl carbamates (subject to hydrolysis) is 1. The first kappa shape index (κ1) is 20.7. The third-order valence-corrected chi connectivity index (χ3v) is 5.72. The van der Waals surface area contributed by atoms with E-state index in [-0.39, 0.29) is 25.0 Å². The number of aliphatic carboxylic acids is 1. The number of carbonyl (C=O) groups excluding carboxylic acids is 1. The second-order valence-corrected chi connectivity index (χ2v) is 7.72. The summed E-state index contributed by atoms with van der Waals surface area (Å²) in [5.74, 6) is -0.840. The molecule has 0 aliphatic heterocycles. The van der Waals surface area contributed by atoms with Crippen LogP contribution in [-0.4, -0.2) is 23.8 Å². The standard InChI is InChI=1S/C26H25NO4/c28-25(29)16-8-15-24(18-9-2-1-3-10-18)27-26(30)31-17-23-21-13-6-4-11-19(21)20-12-5-7-14-22(20)23/h1-7,9-14,23-24H,8,15-17H2,(H,27,30)(H,28,29). The lowest BCUT2D eigenvalue weighted by atomic mass is 9.98. The van der Waals surface area contributed by atoms with Gasteiger partial charge in [-0.05, 0) is 40.7 Å². The summed E-state index contributed by atoms with van der Waals surface area (Å²) in [5, 5.41) is 11.9. The highest BCUT2D eigenvalue weighted by molar-refractivity contribution is 5.79. The van der Waals surface area contributed by atoms with E-state index < -0.39 is 12.1 Å². The molecule has 1 atom stereocenters. The lowest BCUT2D eigenvalue weighted by Crippen LogP contribution is -2.30. The quantitative estimate of drug-likeness (QED) is 0.508. The van der Waals surface area contributed by atoms with Crippen molar-refractivity contribution in [2.45, 2.75) is 31.2 Å². The molecule has 31 heavy (non-hydrogen) atoms. The van der Waals surface area contributed by atoms with Gasteiger partial charge in [0.1, 0.15) is 6.61 Å². The summed E-state index contributed by atoms with van der Waals surface area (Å²) in [6, 6.07) is 25.7. The third-order valence-electron chi connectivity index (χ3n) is 5.72. The molecule has 0 radical (unpaired) electrons. The maximum atomic E-state index is 12.7. The van der Waals surface area contributed by atoms with Crippen LogP contribution in [0.4, 0.5) is 4.79 Å². The molecule has 0 fully saturated rings. The van der Waals surface area contributed by atoms with Gasteiger partial charge in [-0.25, -0.2) is 4.79 Å². The monoisotopic (exact) mass is 415 g/mol. The summed E-state index contributed by atoms with van der Waals surface area (Å²) in [7, 11) is 0. The molecule has 0 bridgehead atoms. The Morgan fingerprint density at radius 2 is 1.45 bits per heavy atom. The topological polar surface area (TPSA) is 75.6 Å². The maximum Gasteiger partial charge on any atom is 0.407 e. The zero-order chi connectivity index (χ0) is 21.6. The van der Waals surface area contributed by atoms with Gasteiger partial charge in [0, 0.05) is 12.3 Å². The van der Waals surface area contributed by atoms with Gasteiger partial charge in [0.15, 0.2) is 0 Å². The van der Waals surface area contributed by atoms with Gasteiger partial charge in [-0.3, -0.25) is 4.79 Å². The van der Waals surface area contributed by atoms with E-state index in [2.05, 4.69) is 29.6 Å². The van der Waals surface area contributed by atoms with Crippen molar-refractivity contribution < 1.29 is 19.4 Å². The van der Waals surface area contributed by atoms with Gasteiger partial charge in [-0.1, -0.05) is 78.9 Å². The zero-order valence-electron chi connectivity index (χ0n) is 17.2. The molecule has 2 N–H and O–H groups in total. The number of rotatable bonds is 8. The van der Waals surface area contributed by atoms with Gasteiger partial charge < -0.3 is 15.2 Å². The minimum atomic E-state index is -0.840. The van der Waals surface area contributed by atoms with E-state index in [1.807, 2.05) is 54.6 Å². The highest BCUT2D eigenvalue weighted by Crippen LogP contribution is 2.44. The van der Waals surface area contributed by atoms with Crippen molar-refractivity contribution in [3.8, 4) is 11.1 Å². The van der Waals surface area contributed by atoms with Gasteiger partial charge >= 0.3 is 12.1 Å². The number of amides is 1. The van der Waals surface area contributed by atoms with Gasteiger partial charge in [0.2, 0.25) is 0 Å². The number of fused-ring (bicyclic) bond motifs is 3. The molecule has 0 aromatic heterocycles. The fourth-order valence-electron chi connectivity index (χ4n) is 4.25. The Bertz CT molecular complexity index is 1020. The Balaban J connectivity index is 1.43. The van der Waals surface area contributed by atoms with Crippen molar-refractivity contribution in [2.24, 2.45) is 0 Å². The molecule has 4 rings (SSSR count). The first-order valence-corrected chi connectivity index (χ1v) is 10.5. The van der Waals surface area contributed by atoms with Crippen LogP contribution in [0.2, 0.25) is 0 Å². The van der Waals surface area contributed by atoms with Gasteiger partial charge in [0.05, 0.1) is 6.04 Å². The van der Waals surface area contributed by atoms with Crippen LogP contribution in [0.3, 0.4) is 0 Å². The normalized spacial score (nSPS) is 13.2. The summed E-state index contributed by atoms with van der Waals surface area (Å²) in [6.45, 7) is 0.247. The predicted molar refractivity (Wildman–Crippen MR) is 119 cm³/mol. The van der Waals surface area contributed by atoms with Crippen LogP contribution in [0.15, 0.2) is 78.9 Å². The molecule has 5 heteroatoms. The molecular formula is C26H25NO4. The lowest BCUT2D eigenvalue weighted by molar-refractivity contribution is -0.137. The Morgan fingerprint density at radius 3 is 2.06 bits per heavy atom. The van der Waals surface area contributed by atoms with Crippen molar-refractivity contribution in [1.29, 1.82) is 0 Å². The SMILES string of the molecule is O=C(O)CCCC(NC(=O)OCC1c2ccccc2-c2ccccc21)c1ccccc1. The maximum absolute atomic E-state index is 12.7. The number of hydrogen-bond donors (Lipinski definition) is 2. The van der Waals surface area contributed by atoms with Gasteiger partial charge in [-0.2, -0.15) is 0 Å². The first-order chi connectivity index (χ1) is 15.1. The predicted octanol–water partition coefficient (Wildman–Crippen LogP) is 5.52. The van der Waals surface area contributed by atoms with Crippen LogP contribution >= 0.6 is 0 Å². The zero-order valence-corrected chi connectivity index (χ0v) is 17.2. The number of ether oxygens (including phenoxy) is 1. The molecule has 3 aromatic carbocycles. The molecule has 0 saturated carbocycles. The number of benzene rings is 3. The number of hydrogen-bond acceptors (Lipinski definition) is 3. The molecular weight excluding hydrogens is 390 g/mol. The summed E-state index contributed by atoms with van der Waals surface area (Å²) < 4.78 is 5.65. The van der Waals surface area contributed by atoms with E-state index >= 15 is 0 Å². The molecule has 0 spiro atoms. The third kappa shape index (κ3) is 4.77. The van der Waals surface area contributed by atoms with Gasteiger partial charge in [-0.15, -0.1) is 0 Å². The van der Waals surface area contributed by atoms with Crippen LogP contribution in [0.1, 0.15) is 47.9 Å². The van der Waals surface area contributed by atoms with Crippen LogP contribution in [0, 0.1) is 0 Å². The molecule has 3 aromatic rings. The van der Waals surface area contributed by atoms with E-state index in [0.29, 0.717) is 12.8 Å². The average molecular weight is 415 g/mol. The van der Waals surface area contributed by atoms with Crippen molar-refractivity contribution >= 4 is 12.1 Å². The molecule has 1 unspecified atom stereocenters. The number of carboxylic acid groups (broad SMARTS) is 1. The molecule has 0 heterocycles. The summed E-state index contributed by atoms with van der Waals surface area (Å²) in [4.78, 5) is 23.5. The minimum absolute atomic E-state index is 0.000311. The first-order valence-electron chi connectivity index (χ1n) is 10.5. The molecule has 1 amide bonds. The van der Waals surface area contributed by atoms with Crippen LogP contribution in [-0.2, 0) is 9.53 Å². The Kier molecular flexibility index (Phi) is 6.32. The second kappa shape index (κ2) is 9.47. The second-order valence-electron chi connectivity index (χ2n) is 7.72. The average Bonchev–Trinajstić information content (AvgIpc) is 3.11. The largest absolute Gasteiger partial charge is 0.481 e. The smallest absolute Gasteiger partial charge is 0.407 e. The molecule has 1 aliphatic carbocycles. The van der Waals surface area contributed by atoms with Crippen molar-refractivity contribution in [2.75, 3.05) is 6.61 Å². The Morgan fingerprint density at radius 1 is 0.871 bits per heavy atom. The fraction of sp³-hybridized carbons (Fsp3) is 0.231. The van der Waals surface area contributed by atoms with Crippen LogP contribution in [0.25, 0.3) is 11.1 Å². The minimum Gasteiger partial charge on any atom is -0.481 e. The lowest BCUT2D eigenvalue weighted by Gasteiger charge is -2.20. The van der Waals surface area contributed by atoms with Crippen LogP contribution in [0.5, 0.6) is 0 Å². The van der Waals surface area contributed by atoms with Gasteiger partial charge in [0.25, 0.3) is 0 Å². The van der Waals surface area contributed by atoms with E-state index in [4.69, 9.17) is 9.84 Å². The van der Waals surface area contributed by atoms with Crippen molar-refractivity contribution in [1.82, 2.24) is 5.32 Å². The van der Waals surface area contributed by atoms with Crippen LogP contribution < -0.4 is 5.32 Å². The number of carboxylic acids is 1. The van der Waals surface area contributed by atoms with E-state index in [1.54, 1.807) is 0 Å². The van der Waals surface area contributed by atoms with E-state index in [9.17, 15) is 9.59 Å². The summed E-state index contributed by atoms with van der Waals surface area (Å²) in [6.07, 6.45) is 0.570. The number of carbonyl (C=O) groups is 2. The highest BCUT2D eigenvalue weighted by Gasteiger charge is 2.29. The van der Waals surface area contributed by atoms with E-state index in [1.165, 1.54) is 11.1 Å². The highest BCUT2D eigenvalue weighted by atomic mass is 16.5.